The van der Waals surface area contributed by atoms with Gasteiger partial charge in [0.25, 0.3) is 5.56 Å². The van der Waals surface area contributed by atoms with Crippen molar-refractivity contribution in [3.05, 3.63) is 56.5 Å². The Morgan fingerprint density at radius 3 is 2.68 bits per heavy atom. The van der Waals surface area contributed by atoms with Crippen LogP contribution in [0.15, 0.2) is 44.0 Å². The average Bonchev–Trinajstić information content (AvgIpc) is 2.60. The Labute approximate surface area is 146 Å². The van der Waals surface area contributed by atoms with Crippen molar-refractivity contribution in [3.63, 3.8) is 0 Å². The van der Waals surface area contributed by atoms with E-state index in [1.165, 1.54) is 20.2 Å². The van der Waals surface area contributed by atoms with Gasteiger partial charge >= 0.3 is 5.69 Å². The SMILES string of the molecule is C/C(=N/NC(=O)CSc1nn(C)c(=O)n(C)c1=O)c1ccccc1F. The zero-order valence-electron chi connectivity index (χ0n) is 13.8. The summed E-state index contributed by atoms with van der Waals surface area (Å²) in [4.78, 5) is 35.3. The Hall–Kier alpha value is -2.75. The molecule has 0 bridgehead atoms. The summed E-state index contributed by atoms with van der Waals surface area (Å²) in [5, 5.41) is 7.69. The van der Waals surface area contributed by atoms with Gasteiger partial charge in [-0.3, -0.25) is 14.2 Å². The highest BCUT2D eigenvalue weighted by molar-refractivity contribution is 7.99. The number of carbonyl (C=O) groups is 1. The molecule has 132 valence electrons. The molecule has 10 heteroatoms. The second-order valence-electron chi connectivity index (χ2n) is 5.08. The maximum atomic E-state index is 13.6. The third kappa shape index (κ3) is 4.41. The summed E-state index contributed by atoms with van der Waals surface area (Å²) in [7, 11) is 2.74. The van der Waals surface area contributed by atoms with Crippen LogP contribution in [-0.4, -0.2) is 31.7 Å². The highest BCUT2D eigenvalue weighted by Crippen LogP contribution is 2.09. The lowest BCUT2D eigenvalue weighted by atomic mass is 10.1. The number of nitrogens with zero attached hydrogens (tertiary/aromatic N) is 4. The van der Waals surface area contributed by atoms with Gasteiger partial charge in [-0.25, -0.2) is 19.3 Å². The Balaban J connectivity index is 2.03. The molecule has 1 heterocycles. The molecule has 0 unspecified atom stereocenters. The maximum absolute atomic E-state index is 13.6. The van der Waals surface area contributed by atoms with Crippen molar-refractivity contribution in [2.24, 2.45) is 19.2 Å². The largest absolute Gasteiger partial charge is 0.346 e. The molecule has 25 heavy (non-hydrogen) atoms. The molecule has 2 aromatic rings. The van der Waals surface area contributed by atoms with E-state index in [9.17, 15) is 18.8 Å². The fourth-order valence-corrected chi connectivity index (χ4v) is 2.66. The number of carbonyl (C=O) groups excluding carboxylic acids is 1. The molecule has 8 nitrogen and oxygen atoms in total. The van der Waals surface area contributed by atoms with Gasteiger partial charge in [0, 0.05) is 19.7 Å². The number of nitrogens with one attached hydrogen (secondary N) is 1. The lowest BCUT2D eigenvalue weighted by Gasteiger charge is -2.05. The number of hydrazone groups is 1. The van der Waals surface area contributed by atoms with E-state index in [0.717, 1.165) is 21.0 Å². The molecule has 1 aromatic heterocycles. The number of benzene rings is 1. The molecular formula is C15H16FN5O3S. The van der Waals surface area contributed by atoms with Crippen LogP contribution < -0.4 is 16.7 Å². The second-order valence-corrected chi connectivity index (χ2v) is 6.04. The van der Waals surface area contributed by atoms with Crippen molar-refractivity contribution in [1.29, 1.82) is 0 Å². The fraction of sp³-hybridized carbons (Fsp3) is 0.267. The summed E-state index contributed by atoms with van der Waals surface area (Å²) < 4.78 is 15.5. The van der Waals surface area contributed by atoms with Crippen molar-refractivity contribution in [2.45, 2.75) is 11.9 Å². The summed E-state index contributed by atoms with van der Waals surface area (Å²) in [6, 6.07) is 6.07. The number of rotatable bonds is 5. The van der Waals surface area contributed by atoms with E-state index >= 15 is 0 Å². The van der Waals surface area contributed by atoms with Gasteiger partial charge in [0.15, 0.2) is 5.03 Å². The van der Waals surface area contributed by atoms with Crippen LogP contribution in [0, 0.1) is 5.82 Å². The molecular weight excluding hydrogens is 349 g/mol. The van der Waals surface area contributed by atoms with E-state index in [1.807, 2.05) is 0 Å². The van der Waals surface area contributed by atoms with Gasteiger partial charge in [0.2, 0.25) is 5.91 Å². The van der Waals surface area contributed by atoms with Crippen LogP contribution in [0.5, 0.6) is 0 Å². The smallest absolute Gasteiger partial charge is 0.272 e. The standard InChI is InChI=1S/C15H16FN5O3S/c1-9(10-6-4-5-7-11(10)16)17-18-12(22)8-25-13-14(23)20(2)15(24)21(3)19-13/h4-7H,8H2,1-3H3,(H,18,22)/b17-9-. The molecule has 1 N–H and O–H groups in total. The average molecular weight is 365 g/mol. The fourth-order valence-electron chi connectivity index (χ4n) is 1.89. The normalized spacial score (nSPS) is 11.4. The van der Waals surface area contributed by atoms with Gasteiger partial charge in [0.05, 0.1) is 11.5 Å². The molecule has 0 radical (unpaired) electrons. The number of amides is 1. The Morgan fingerprint density at radius 1 is 1.32 bits per heavy atom. The van der Waals surface area contributed by atoms with Crippen molar-refractivity contribution in [2.75, 3.05) is 5.75 Å². The summed E-state index contributed by atoms with van der Waals surface area (Å²) in [6.07, 6.45) is 0. The number of thioether (sulfide) groups is 1. The van der Waals surface area contributed by atoms with E-state index in [0.29, 0.717) is 5.71 Å². The van der Waals surface area contributed by atoms with Crippen LogP contribution in [-0.2, 0) is 18.9 Å². The van der Waals surface area contributed by atoms with Gasteiger partial charge in [-0.05, 0) is 13.0 Å². The predicted octanol–water partition coefficient (Wildman–Crippen LogP) is 0.251. The summed E-state index contributed by atoms with van der Waals surface area (Å²) >= 11 is 0.883. The molecule has 0 saturated heterocycles. The lowest BCUT2D eigenvalue weighted by molar-refractivity contribution is -0.118. The topological polar surface area (TPSA) is 98.3 Å². The predicted molar refractivity (Wildman–Crippen MR) is 92.2 cm³/mol. The quantitative estimate of drug-likeness (QED) is 0.465. The molecule has 0 aliphatic heterocycles. The first-order valence-electron chi connectivity index (χ1n) is 7.16. The summed E-state index contributed by atoms with van der Waals surface area (Å²) in [6.45, 7) is 1.57. The number of aryl methyl sites for hydroxylation is 1. The summed E-state index contributed by atoms with van der Waals surface area (Å²) in [5.41, 5.74) is 1.76. The molecule has 0 saturated carbocycles. The molecule has 0 fully saturated rings. The Morgan fingerprint density at radius 2 is 2.00 bits per heavy atom. The number of halogens is 1. The van der Waals surface area contributed by atoms with Crippen LogP contribution in [0.1, 0.15) is 12.5 Å². The molecule has 0 spiro atoms. The van der Waals surface area contributed by atoms with Gasteiger partial charge in [-0.1, -0.05) is 30.0 Å². The number of hydrogen-bond donors (Lipinski definition) is 1. The zero-order chi connectivity index (χ0) is 18.6. The van der Waals surface area contributed by atoms with Crippen LogP contribution in [0.4, 0.5) is 4.39 Å². The van der Waals surface area contributed by atoms with E-state index in [2.05, 4.69) is 15.6 Å². The minimum Gasteiger partial charge on any atom is -0.272 e. The third-order valence-corrected chi connectivity index (χ3v) is 4.18. The number of aromatic nitrogens is 3. The van der Waals surface area contributed by atoms with E-state index in [1.54, 1.807) is 25.1 Å². The highest BCUT2D eigenvalue weighted by atomic mass is 32.2. The molecule has 1 aromatic carbocycles. The lowest BCUT2D eigenvalue weighted by Crippen LogP contribution is -2.39. The zero-order valence-corrected chi connectivity index (χ0v) is 14.6. The van der Waals surface area contributed by atoms with Crippen molar-refractivity contribution >= 4 is 23.4 Å². The van der Waals surface area contributed by atoms with Gasteiger partial charge in [-0.2, -0.15) is 10.2 Å². The van der Waals surface area contributed by atoms with Crippen LogP contribution >= 0.6 is 11.8 Å². The minimum absolute atomic E-state index is 0.0227. The second kappa shape index (κ2) is 7.88. The minimum atomic E-state index is -0.577. The van der Waals surface area contributed by atoms with Crippen molar-refractivity contribution < 1.29 is 9.18 Å². The van der Waals surface area contributed by atoms with Crippen LogP contribution in [0.2, 0.25) is 0 Å². The highest BCUT2D eigenvalue weighted by Gasteiger charge is 2.12. The molecule has 2 rings (SSSR count). The Bertz CT molecular complexity index is 951. The first-order chi connectivity index (χ1) is 11.8. The first kappa shape index (κ1) is 18.6. The monoisotopic (exact) mass is 365 g/mol. The van der Waals surface area contributed by atoms with Gasteiger partial charge in [-0.15, -0.1) is 0 Å². The maximum Gasteiger partial charge on any atom is 0.346 e. The van der Waals surface area contributed by atoms with Crippen molar-refractivity contribution in [3.8, 4) is 0 Å². The first-order valence-corrected chi connectivity index (χ1v) is 8.15. The van der Waals surface area contributed by atoms with Crippen LogP contribution in [0.25, 0.3) is 0 Å². The third-order valence-electron chi connectivity index (χ3n) is 3.24. The number of hydrogen-bond acceptors (Lipinski definition) is 6. The van der Waals surface area contributed by atoms with E-state index in [-0.39, 0.29) is 16.3 Å². The Kier molecular flexibility index (Phi) is 5.86. The molecule has 0 atom stereocenters. The van der Waals surface area contributed by atoms with Crippen LogP contribution in [0.3, 0.4) is 0 Å². The van der Waals surface area contributed by atoms with Gasteiger partial charge in [0.1, 0.15) is 5.82 Å². The molecule has 1 amide bonds. The van der Waals surface area contributed by atoms with E-state index < -0.39 is 23.0 Å². The summed E-state index contributed by atoms with van der Waals surface area (Å²) in [5.74, 6) is -1.06. The van der Waals surface area contributed by atoms with Gasteiger partial charge < -0.3 is 0 Å². The molecule has 0 aliphatic rings. The van der Waals surface area contributed by atoms with E-state index in [4.69, 9.17) is 0 Å². The molecule has 0 aliphatic carbocycles. The van der Waals surface area contributed by atoms with Crippen molar-refractivity contribution in [1.82, 2.24) is 19.8 Å².